The molecule has 0 N–H and O–H groups in total. The molecule has 1 aliphatic heterocycles. The van der Waals surface area contributed by atoms with Crippen molar-refractivity contribution in [3.63, 3.8) is 0 Å². The Kier molecular flexibility index (Phi) is 4.34. The quantitative estimate of drug-likeness (QED) is 0.529. The van der Waals surface area contributed by atoms with Crippen molar-refractivity contribution >= 4 is 12.1 Å². The Morgan fingerprint density at radius 1 is 1.62 bits per heavy atom. The Balaban J connectivity index is 2.24. The first-order valence-electron chi connectivity index (χ1n) is 5.17. The lowest BCUT2D eigenvalue weighted by molar-refractivity contribution is -0.141. The SMILES string of the molecule is C=C(CC(C)C)C(=O)OCC1COC(=O)O1. The molecule has 0 amide bonds. The van der Waals surface area contributed by atoms with Gasteiger partial charge in [0.1, 0.15) is 13.2 Å². The molecule has 0 aromatic heterocycles. The van der Waals surface area contributed by atoms with Gasteiger partial charge < -0.3 is 14.2 Å². The zero-order valence-electron chi connectivity index (χ0n) is 9.52. The van der Waals surface area contributed by atoms with E-state index in [9.17, 15) is 9.59 Å². The van der Waals surface area contributed by atoms with Crippen LogP contribution in [0.25, 0.3) is 0 Å². The van der Waals surface area contributed by atoms with E-state index in [0.29, 0.717) is 17.9 Å². The number of esters is 1. The molecule has 5 nitrogen and oxygen atoms in total. The zero-order chi connectivity index (χ0) is 12.1. The second-order valence-corrected chi connectivity index (χ2v) is 4.10. The second-order valence-electron chi connectivity index (χ2n) is 4.10. The lowest BCUT2D eigenvalue weighted by Gasteiger charge is -2.10. The van der Waals surface area contributed by atoms with Gasteiger partial charge in [-0.25, -0.2) is 9.59 Å². The van der Waals surface area contributed by atoms with Crippen LogP contribution in [0.5, 0.6) is 0 Å². The Labute approximate surface area is 94.4 Å². The van der Waals surface area contributed by atoms with Gasteiger partial charge in [-0.05, 0) is 12.3 Å². The molecule has 0 saturated carbocycles. The summed E-state index contributed by atoms with van der Waals surface area (Å²) in [6, 6.07) is 0. The summed E-state index contributed by atoms with van der Waals surface area (Å²) in [4.78, 5) is 22.0. The van der Waals surface area contributed by atoms with Crippen molar-refractivity contribution in [1.29, 1.82) is 0 Å². The summed E-state index contributed by atoms with van der Waals surface area (Å²) in [5.74, 6) is -0.0932. The Bertz CT molecular complexity index is 295. The molecular weight excluding hydrogens is 212 g/mol. The van der Waals surface area contributed by atoms with E-state index in [2.05, 4.69) is 11.3 Å². The van der Waals surface area contributed by atoms with E-state index in [1.807, 2.05) is 13.8 Å². The predicted molar refractivity (Wildman–Crippen MR) is 55.8 cm³/mol. The van der Waals surface area contributed by atoms with Crippen LogP contribution in [-0.4, -0.2) is 31.4 Å². The van der Waals surface area contributed by atoms with Crippen LogP contribution in [0, 0.1) is 5.92 Å². The highest BCUT2D eigenvalue weighted by Gasteiger charge is 2.26. The molecule has 0 aromatic rings. The monoisotopic (exact) mass is 228 g/mol. The molecule has 1 heterocycles. The van der Waals surface area contributed by atoms with Crippen LogP contribution in [0.2, 0.25) is 0 Å². The summed E-state index contributed by atoms with van der Waals surface area (Å²) in [5.41, 5.74) is 0.431. The molecule has 0 spiro atoms. The molecule has 16 heavy (non-hydrogen) atoms. The first kappa shape index (κ1) is 12.5. The molecule has 0 aliphatic carbocycles. The van der Waals surface area contributed by atoms with Gasteiger partial charge in [-0.3, -0.25) is 0 Å². The van der Waals surface area contributed by atoms with E-state index in [4.69, 9.17) is 9.47 Å². The van der Waals surface area contributed by atoms with Crippen molar-refractivity contribution in [2.75, 3.05) is 13.2 Å². The largest absolute Gasteiger partial charge is 0.508 e. The minimum Gasteiger partial charge on any atom is -0.458 e. The highest BCUT2D eigenvalue weighted by atomic mass is 16.8. The molecule has 1 unspecified atom stereocenters. The average molecular weight is 228 g/mol. The Morgan fingerprint density at radius 3 is 2.81 bits per heavy atom. The normalized spacial score (nSPS) is 19.2. The van der Waals surface area contributed by atoms with Gasteiger partial charge in [0.25, 0.3) is 0 Å². The highest BCUT2D eigenvalue weighted by Crippen LogP contribution is 2.12. The van der Waals surface area contributed by atoms with Gasteiger partial charge in [0.05, 0.1) is 0 Å². The summed E-state index contributed by atoms with van der Waals surface area (Å²) in [6.07, 6.45) is -0.620. The number of ether oxygens (including phenoxy) is 3. The maximum atomic E-state index is 11.4. The van der Waals surface area contributed by atoms with E-state index >= 15 is 0 Å². The fourth-order valence-electron chi connectivity index (χ4n) is 1.29. The van der Waals surface area contributed by atoms with Crippen LogP contribution in [0.3, 0.4) is 0 Å². The van der Waals surface area contributed by atoms with Crippen LogP contribution in [-0.2, 0) is 19.0 Å². The van der Waals surface area contributed by atoms with Gasteiger partial charge >= 0.3 is 12.1 Å². The summed E-state index contributed by atoms with van der Waals surface area (Å²) in [6.45, 7) is 7.77. The molecule has 1 rings (SSSR count). The molecule has 1 saturated heterocycles. The summed E-state index contributed by atoms with van der Waals surface area (Å²) >= 11 is 0. The molecule has 5 heteroatoms. The zero-order valence-corrected chi connectivity index (χ0v) is 9.52. The number of carbonyl (C=O) groups is 2. The lowest BCUT2D eigenvalue weighted by atomic mass is 10.1. The number of hydrogen-bond donors (Lipinski definition) is 0. The summed E-state index contributed by atoms with van der Waals surface area (Å²) < 4.78 is 14.2. The van der Waals surface area contributed by atoms with Gasteiger partial charge in [-0.2, -0.15) is 0 Å². The first-order chi connectivity index (χ1) is 7.49. The van der Waals surface area contributed by atoms with Gasteiger partial charge in [0.2, 0.25) is 0 Å². The molecule has 1 atom stereocenters. The van der Waals surface area contributed by atoms with Gasteiger partial charge in [0.15, 0.2) is 6.10 Å². The maximum absolute atomic E-state index is 11.4. The van der Waals surface area contributed by atoms with Crippen molar-refractivity contribution in [2.24, 2.45) is 5.92 Å². The van der Waals surface area contributed by atoms with E-state index in [0.717, 1.165) is 0 Å². The van der Waals surface area contributed by atoms with Crippen molar-refractivity contribution in [2.45, 2.75) is 26.4 Å². The van der Waals surface area contributed by atoms with Crippen molar-refractivity contribution in [1.82, 2.24) is 0 Å². The number of cyclic esters (lactones) is 2. The van der Waals surface area contributed by atoms with Crippen molar-refractivity contribution < 1.29 is 23.8 Å². The van der Waals surface area contributed by atoms with E-state index in [1.165, 1.54) is 0 Å². The first-order valence-corrected chi connectivity index (χ1v) is 5.17. The fourth-order valence-corrected chi connectivity index (χ4v) is 1.29. The molecule has 0 bridgehead atoms. The third kappa shape index (κ3) is 3.92. The van der Waals surface area contributed by atoms with Gasteiger partial charge in [-0.15, -0.1) is 0 Å². The van der Waals surface area contributed by atoms with Crippen LogP contribution in [0.15, 0.2) is 12.2 Å². The molecular formula is C11H16O5. The summed E-state index contributed by atoms with van der Waals surface area (Å²) in [7, 11) is 0. The Hall–Kier alpha value is -1.52. The average Bonchev–Trinajstić information content (AvgIpc) is 2.59. The standard InChI is InChI=1S/C11H16O5/c1-7(2)4-8(3)10(12)14-5-9-6-15-11(13)16-9/h7,9H,3-6H2,1-2H3. The molecule has 0 radical (unpaired) electrons. The molecule has 1 fully saturated rings. The van der Waals surface area contributed by atoms with Gasteiger partial charge in [-0.1, -0.05) is 20.4 Å². The topological polar surface area (TPSA) is 61.8 Å². The Morgan fingerprint density at radius 2 is 2.31 bits per heavy atom. The van der Waals surface area contributed by atoms with E-state index < -0.39 is 18.2 Å². The number of hydrogen-bond acceptors (Lipinski definition) is 5. The third-order valence-corrected chi connectivity index (χ3v) is 1.99. The number of rotatable bonds is 5. The fraction of sp³-hybridized carbons (Fsp3) is 0.636. The summed E-state index contributed by atoms with van der Waals surface area (Å²) in [5, 5.41) is 0. The second kappa shape index (κ2) is 5.53. The van der Waals surface area contributed by atoms with Gasteiger partial charge in [0, 0.05) is 5.57 Å². The van der Waals surface area contributed by atoms with Crippen LogP contribution < -0.4 is 0 Å². The lowest BCUT2D eigenvalue weighted by Crippen LogP contribution is -2.21. The third-order valence-electron chi connectivity index (χ3n) is 1.99. The number of carbonyl (C=O) groups excluding carboxylic acids is 2. The van der Waals surface area contributed by atoms with E-state index in [1.54, 1.807) is 0 Å². The molecule has 90 valence electrons. The van der Waals surface area contributed by atoms with Crippen LogP contribution in [0.1, 0.15) is 20.3 Å². The molecule has 0 aromatic carbocycles. The highest BCUT2D eigenvalue weighted by molar-refractivity contribution is 5.87. The smallest absolute Gasteiger partial charge is 0.458 e. The predicted octanol–water partition coefficient (Wildman–Crippen LogP) is 1.67. The minimum absolute atomic E-state index is 0.0156. The molecule has 1 aliphatic rings. The maximum Gasteiger partial charge on any atom is 0.508 e. The van der Waals surface area contributed by atoms with Crippen LogP contribution in [0.4, 0.5) is 4.79 Å². The van der Waals surface area contributed by atoms with Crippen molar-refractivity contribution in [3.8, 4) is 0 Å². The minimum atomic E-state index is -0.720. The van der Waals surface area contributed by atoms with E-state index in [-0.39, 0.29) is 13.2 Å². The van der Waals surface area contributed by atoms with Crippen LogP contribution >= 0.6 is 0 Å². The van der Waals surface area contributed by atoms with Crippen molar-refractivity contribution in [3.05, 3.63) is 12.2 Å².